The molecule has 8 nitrogen and oxygen atoms in total. The molecule has 1 unspecified atom stereocenters. The van der Waals surface area contributed by atoms with Gasteiger partial charge in [0.05, 0.1) is 12.1 Å². The Morgan fingerprint density at radius 2 is 2.00 bits per heavy atom. The summed E-state index contributed by atoms with van der Waals surface area (Å²) in [6.07, 6.45) is 2.08. The molecular weight excluding hydrogens is 324 g/mol. The number of carbonyl (C=O) groups is 2. The molecule has 2 aliphatic heterocycles. The topological polar surface area (TPSA) is 97.1 Å². The Morgan fingerprint density at radius 3 is 2.60 bits per heavy atom. The smallest absolute Gasteiger partial charge is 0.251 e. The molecule has 2 saturated heterocycles. The van der Waals surface area contributed by atoms with Gasteiger partial charge in [-0.3, -0.25) is 14.5 Å². The van der Waals surface area contributed by atoms with E-state index < -0.39 is 0 Å². The third kappa shape index (κ3) is 5.64. The van der Waals surface area contributed by atoms with Crippen LogP contribution < -0.4 is 11.1 Å². The Hall–Kier alpha value is -1.22. The molecule has 2 amide bonds. The highest BCUT2D eigenvalue weighted by atomic mass is 16.5. The number of nitrogens with one attached hydrogen (secondary N) is 1. The van der Waals surface area contributed by atoms with E-state index in [0.29, 0.717) is 45.9 Å². The summed E-state index contributed by atoms with van der Waals surface area (Å²) in [5, 5.41) is 2.93. The highest BCUT2D eigenvalue weighted by molar-refractivity contribution is 5.82. The van der Waals surface area contributed by atoms with Gasteiger partial charge in [0.2, 0.25) is 5.91 Å². The number of piperazine rings is 1. The molecule has 0 bridgehead atoms. The summed E-state index contributed by atoms with van der Waals surface area (Å²) in [6, 6.07) is -0.191. The molecule has 144 valence electrons. The molecular formula is C17H32N4O4. The second-order valence-corrected chi connectivity index (χ2v) is 6.73. The average Bonchev–Trinajstić information content (AvgIpc) is 3.13. The van der Waals surface area contributed by atoms with E-state index in [9.17, 15) is 9.59 Å². The van der Waals surface area contributed by atoms with E-state index in [4.69, 9.17) is 15.2 Å². The van der Waals surface area contributed by atoms with Gasteiger partial charge in [0, 0.05) is 53.0 Å². The number of carbonyl (C=O) groups excluding carboxylic acids is 2. The Morgan fingerprint density at radius 1 is 1.28 bits per heavy atom. The Balaban J connectivity index is 1.71. The average molecular weight is 356 g/mol. The lowest BCUT2D eigenvalue weighted by atomic mass is 10.1. The minimum absolute atomic E-state index is 0.0112. The maximum atomic E-state index is 12.5. The molecule has 0 radical (unpaired) electrons. The van der Waals surface area contributed by atoms with Gasteiger partial charge in [0.1, 0.15) is 6.10 Å². The molecule has 0 aromatic heterocycles. The predicted molar refractivity (Wildman–Crippen MR) is 94.1 cm³/mol. The van der Waals surface area contributed by atoms with Gasteiger partial charge in [-0.25, -0.2) is 0 Å². The van der Waals surface area contributed by atoms with E-state index in [1.54, 1.807) is 7.11 Å². The molecule has 3 atom stereocenters. The van der Waals surface area contributed by atoms with Gasteiger partial charge in [0.25, 0.3) is 5.91 Å². The highest BCUT2D eigenvalue weighted by Crippen LogP contribution is 2.21. The Bertz CT molecular complexity index is 440. The number of rotatable bonds is 8. The lowest BCUT2D eigenvalue weighted by molar-refractivity contribution is -0.145. The zero-order valence-electron chi connectivity index (χ0n) is 15.4. The van der Waals surface area contributed by atoms with Gasteiger partial charge in [-0.2, -0.15) is 0 Å². The lowest BCUT2D eigenvalue weighted by Gasteiger charge is -2.38. The molecule has 2 rings (SSSR count). The van der Waals surface area contributed by atoms with E-state index in [-0.39, 0.29) is 30.1 Å². The zero-order valence-corrected chi connectivity index (χ0v) is 15.4. The third-order valence-electron chi connectivity index (χ3n) is 5.02. The van der Waals surface area contributed by atoms with Crippen molar-refractivity contribution in [3.63, 3.8) is 0 Å². The second-order valence-electron chi connectivity index (χ2n) is 6.73. The van der Waals surface area contributed by atoms with Crippen molar-refractivity contribution in [2.45, 2.75) is 44.4 Å². The van der Waals surface area contributed by atoms with E-state index in [0.717, 1.165) is 19.3 Å². The summed E-state index contributed by atoms with van der Waals surface area (Å²) in [5.74, 6) is 0.0908. The maximum absolute atomic E-state index is 12.5. The van der Waals surface area contributed by atoms with Gasteiger partial charge in [-0.05, 0) is 26.2 Å². The van der Waals surface area contributed by atoms with Gasteiger partial charge in [-0.15, -0.1) is 0 Å². The monoisotopic (exact) mass is 356 g/mol. The number of amides is 2. The van der Waals surface area contributed by atoms with Crippen LogP contribution in [-0.4, -0.2) is 92.8 Å². The van der Waals surface area contributed by atoms with Crippen LogP contribution in [0.4, 0.5) is 0 Å². The van der Waals surface area contributed by atoms with Crippen molar-refractivity contribution in [1.82, 2.24) is 15.1 Å². The maximum Gasteiger partial charge on any atom is 0.251 e. The largest absolute Gasteiger partial charge is 0.385 e. The van der Waals surface area contributed by atoms with Crippen molar-refractivity contribution in [2.24, 2.45) is 5.73 Å². The van der Waals surface area contributed by atoms with E-state index >= 15 is 0 Å². The molecule has 2 aliphatic rings. The molecule has 0 saturated carbocycles. The summed E-state index contributed by atoms with van der Waals surface area (Å²) < 4.78 is 10.7. The number of methoxy groups -OCH3 is 1. The summed E-state index contributed by atoms with van der Waals surface area (Å²) in [6.45, 7) is 6.31. The van der Waals surface area contributed by atoms with Crippen molar-refractivity contribution >= 4 is 11.8 Å². The van der Waals surface area contributed by atoms with Gasteiger partial charge < -0.3 is 25.4 Å². The lowest BCUT2D eigenvalue weighted by Crippen LogP contribution is -2.56. The molecule has 2 heterocycles. The fourth-order valence-electron chi connectivity index (χ4n) is 3.34. The Labute approximate surface area is 150 Å². The van der Waals surface area contributed by atoms with Crippen LogP contribution in [0, 0.1) is 0 Å². The van der Waals surface area contributed by atoms with E-state index in [1.807, 2.05) is 11.8 Å². The van der Waals surface area contributed by atoms with Crippen LogP contribution in [0.5, 0.6) is 0 Å². The molecule has 0 aromatic rings. The van der Waals surface area contributed by atoms with Crippen LogP contribution >= 0.6 is 0 Å². The first-order valence-corrected chi connectivity index (χ1v) is 9.21. The molecule has 0 aliphatic carbocycles. The quantitative estimate of drug-likeness (QED) is 0.552. The number of hydrogen-bond acceptors (Lipinski definition) is 6. The number of nitrogens with two attached hydrogens (primary N) is 1. The van der Waals surface area contributed by atoms with Crippen molar-refractivity contribution in [2.75, 3.05) is 53.0 Å². The number of hydrogen-bond donors (Lipinski definition) is 2. The SMILES string of the molecule is COCCCNC(=O)C(C)N1CCN(C(=O)[C@@H]2CC[C@H](CN)O2)CC1. The Kier molecular flexibility index (Phi) is 8.08. The zero-order chi connectivity index (χ0) is 18.2. The molecule has 8 heteroatoms. The molecule has 3 N–H and O–H groups in total. The van der Waals surface area contributed by atoms with Crippen LogP contribution in [-0.2, 0) is 19.1 Å². The summed E-state index contributed by atoms with van der Waals surface area (Å²) in [5.41, 5.74) is 5.60. The summed E-state index contributed by atoms with van der Waals surface area (Å²) in [4.78, 5) is 28.7. The fourth-order valence-corrected chi connectivity index (χ4v) is 3.34. The predicted octanol–water partition coefficient (Wildman–Crippen LogP) is -0.822. The van der Waals surface area contributed by atoms with Crippen LogP contribution in [0.15, 0.2) is 0 Å². The van der Waals surface area contributed by atoms with Gasteiger partial charge >= 0.3 is 0 Å². The fraction of sp³-hybridized carbons (Fsp3) is 0.882. The van der Waals surface area contributed by atoms with Crippen LogP contribution in [0.2, 0.25) is 0 Å². The van der Waals surface area contributed by atoms with E-state index in [2.05, 4.69) is 10.2 Å². The van der Waals surface area contributed by atoms with Crippen LogP contribution in [0.1, 0.15) is 26.2 Å². The second kappa shape index (κ2) is 10.1. The summed E-state index contributed by atoms with van der Waals surface area (Å²) in [7, 11) is 1.65. The molecule has 0 aromatic carbocycles. The first-order valence-electron chi connectivity index (χ1n) is 9.21. The van der Waals surface area contributed by atoms with Crippen molar-refractivity contribution < 1.29 is 19.1 Å². The number of nitrogens with zero attached hydrogens (tertiary/aromatic N) is 2. The summed E-state index contributed by atoms with van der Waals surface area (Å²) >= 11 is 0. The first kappa shape index (κ1) is 20.1. The third-order valence-corrected chi connectivity index (χ3v) is 5.02. The normalized spacial score (nSPS) is 25.8. The van der Waals surface area contributed by atoms with Gasteiger partial charge in [-0.1, -0.05) is 0 Å². The van der Waals surface area contributed by atoms with Crippen LogP contribution in [0.25, 0.3) is 0 Å². The first-order chi connectivity index (χ1) is 12.1. The van der Waals surface area contributed by atoms with Crippen molar-refractivity contribution in [3.8, 4) is 0 Å². The van der Waals surface area contributed by atoms with Gasteiger partial charge in [0.15, 0.2) is 0 Å². The number of ether oxygens (including phenoxy) is 2. The minimum Gasteiger partial charge on any atom is -0.385 e. The van der Waals surface area contributed by atoms with Crippen LogP contribution in [0.3, 0.4) is 0 Å². The minimum atomic E-state index is -0.346. The molecule has 0 spiro atoms. The van der Waals surface area contributed by atoms with Crippen molar-refractivity contribution in [3.05, 3.63) is 0 Å². The highest BCUT2D eigenvalue weighted by Gasteiger charge is 2.35. The van der Waals surface area contributed by atoms with E-state index in [1.165, 1.54) is 0 Å². The molecule has 25 heavy (non-hydrogen) atoms. The standard InChI is InChI=1S/C17H32N4O4/c1-13(16(22)19-6-3-11-24-2)20-7-9-21(10-8-20)17(23)15-5-4-14(12-18)25-15/h13-15H,3-12,18H2,1-2H3,(H,19,22)/t13?,14-,15+/m1/s1. The van der Waals surface area contributed by atoms with Crippen molar-refractivity contribution in [1.29, 1.82) is 0 Å². The molecule has 2 fully saturated rings.